The molecule has 1 heterocycles. The summed E-state index contributed by atoms with van der Waals surface area (Å²) in [6, 6.07) is 0. The lowest BCUT2D eigenvalue weighted by Crippen LogP contribution is -2.53. The highest BCUT2D eigenvalue weighted by molar-refractivity contribution is 5.92. The van der Waals surface area contributed by atoms with Gasteiger partial charge < -0.3 is 4.74 Å². The molecule has 0 N–H and O–H groups in total. The van der Waals surface area contributed by atoms with Crippen LogP contribution < -0.4 is 0 Å². The standard InChI is InChI=1S/C28H44O2.C27H40O3/c1-17(2)25(30)10-7-18(3)22-8-9-23-26-19(4)15-20-16-21(29)11-13-27(20,5)24(26)12-14-28(22,23)6;1-15(2)22(29)9-6-16(3)18-7-8-19-23-20(11-13-26(18,19)4)27(5)12-10-17(28)14-21(27)24-25(23)30-24/h16-19,22-24,26H,7-15H2,1-6H3;14-16,18-20,23-25H,6-13H2,1-5H3. The maximum Gasteiger partial charge on any atom is 0.155 e. The SMILES string of the molecule is CC(C)C(=O)CCC(C)C1CCC2C3C(C)CC4=CC(=O)CCC4(C)C3CCC12C.CC(C)C(=O)CCC(C)C1CCC2C3C4OC4C4=CC(=O)CCC4(C)C3CCC12C. The molecule has 7 fully saturated rings. The van der Waals surface area contributed by atoms with Crippen molar-refractivity contribution in [2.75, 3.05) is 0 Å². The van der Waals surface area contributed by atoms with Gasteiger partial charge in [-0.3, -0.25) is 19.2 Å². The third kappa shape index (κ3) is 7.37. The largest absolute Gasteiger partial charge is 0.365 e. The Kier molecular flexibility index (Phi) is 12.1. The van der Waals surface area contributed by atoms with Crippen molar-refractivity contribution in [3.05, 3.63) is 23.3 Å². The molecule has 9 rings (SSSR count). The molecule has 1 saturated heterocycles. The number of allylic oxidation sites excluding steroid dienone is 1. The van der Waals surface area contributed by atoms with Crippen LogP contribution >= 0.6 is 0 Å². The van der Waals surface area contributed by atoms with Gasteiger partial charge in [0.15, 0.2) is 11.6 Å². The van der Waals surface area contributed by atoms with E-state index in [0.717, 1.165) is 86.9 Å². The number of rotatable bonds is 10. The van der Waals surface area contributed by atoms with Gasteiger partial charge in [-0.25, -0.2) is 0 Å². The highest BCUT2D eigenvalue weighted by atomic mass is 16.6. The Balaban J connectivity index is 0.000000166. The van der Waals surface area contributed by atoms with Crippen molar-refractivity contribution in [1.29, 1.82) is 0 Å². The Morgan fingerprint density at radius 1 is 0.633 bits per heavy atom. The molecule has 1 aliphatic heterocycles. The van der Waals surface area contributed by atoms with E-state index in [2.05, 4.69) is 48.5 Å². The van der Waals surface area contributed by atoms with Crippen molar-refractivity contribution in [2.24, 2.45) is 98.6 Å². The van der Waals surface area contributed by atoms with Gasteiger partial charge in [0.2, 0.25) is 0 Å². The lowest BCUT2D eigenvalue weighted by atomic mass is 9.44. The smallest absolute Gasteiger partial charge is 0.155 e. The number of fused-ring (bicyclic) bond motifs is 13. The molecule has 6 saturated carbocycles. The first-order valence-corrected chi connectivity index (χ1v) is 25.4. The van der Waals surface area contributed by atoms with Crippen LogP contribution in [0.2, 0.25) is 0 Å². The van der Waals surface area contributed by atoms with Crippen molar-refractivity contribution < 1.29 is 23.9 Å². The van der Waals surface area contributed by atoms with Crippen molar-refractivity contribution >= 4 is 23.1 Å². The average molecular weight is 825 g/mol. The van der Waals surface area contributed by atoms with Gasteiger partial charge in [0, 0.05) is 37.5 Å². The minimum absolute atomic E-state index is 0.163. The number of Topliss-reactive ketones (excluding diaryl/α,β-unsaturated/α-hetero) is 2. The molecule has 0 spiro atoms. The van der Waals surface area contributed by atoms with E-state index in [4.69, 9.17) is 4.74 Å². The van der Waals surface area contributed by atoms with Crippen LogP contribution in [-0.4, -0.2) is 35.3 Å². The fourth-order valence-electron chi connectivity index (χ4n) is 17.4. The second kappa shape index (κ2) is 16.3. The molecule has 60 heavy (non-hydrogen) atoms. The van der Waals surface area contributed by atoms with E-state index in [1.165, 1.54) is 62.5 Å². The van der Waals surface area contributed by atoms with Crippen molar-refractivity contribution in [1.82, 2.24) is 0 Å². The van der Waals surface area contributed by atoms with Gasteiger partial charge >= 0.3 is 0 Å². The molecular formula is C55H84O5. The number of ketones is 4. The Morgan fingerprint density at radius 2 is 1.12 bits per heavy atom. The predicted molar refractivity (Wildman–Crippen MR) is 241 cm³/mol. The molecule has 0 aromatic rings. The summed E-state index contributed by atoms with van der Waals surface area (Å²) in [6.07, 6.45) is 23.5. The molecule has 0 bridgehead atoms. The van der Waals surface area contributed by atoms with Crippen LogP contribution in [0, 0.1) is 98.6 Å². The third-order valence-electron chi connectivity index (χ3n) is 21.0. The molecule has 17 unspecified atom stereocenters. The zero-order valence-corrected chi connectivity index (χ0v) is 39.9. The Labute approximate surface area is 365 Å². The Hall–Kier alpha value is -1.88. The summed E-state index contributed by atoms with van der Waals surface area (Å²) in [4.78, 5) is 48.7. The summed E-state index contributed by atoms with van der Waals surface area (Å²) in [5.41, 5.74) is 4.08. The van der Waals surface area contributed by atoms with Crippen molar-refractivity contribution in [2.45, 2.75) is 198 Å². The second-order valence-corrected chi connectivity index (χ2v) is 24.6. The summed E-state index contributed by atoms with van der Waals surface area (Å²) in [6.45, 7) is 25.5. The van der Waals surface area contributed by atoms with Gasteiger partial charge in [0.1, 0.15) is 17.7 Å². The number of ether oxygens (including phenoxy) is 1. The molecule has 5 nitrogen and oxygen atoms in total. The van der Waals surface area contributed by atoms with Crippen molar-refractivity contribution in [3.8, 4) is 0 Å². The molecule has 8 aliphatic carbocycles. The second-order valence-electron chi connectivity index (χ2n) is 24.6. The molecular weight excluding hydrogens is 741 g/mol. The summed E-state index contributed by atoms with van der Waals surface area (Å²) in [5, 5.41) is 0. The van der Waals surface area contributed by atoms with E-state index in [1.54, 1.807) is 0 Å². The molecule has 334 valence electrons. The Bertz CT molecular complexity index is 1700. The number of carbonyl (C=O) groups excluding carboxylic acids is 4. The first-order valence-electron chi connectivity index (χ1n) is 25.4. The summed E-state index contributed by atoms with van der Waals surface area (Å²) in [7, 11) is 0. The fourth-order valence-corrected chi connectivity index (χ4v) is 17.4. The number of epoxide rings is 1. The maximum atomic E-state index is 12.2. The lowest BCUT2D eigenvalue weighted by Gasteiger charge is -2.60. The molecule has 5 heteroatoms. The van der Waals surface area contributed by atoms with Crippen LogP contribution in [0.4, 0.5) is 0 Å². The van der Waals surface area contributed by atoms with Crippen LogP contribution in [0.5, 0.6) is 0 Å². The van der Waals surface area contributed by atoms with Gasteiger partial charge in [0.05, 0.1) is 6.10 Å². The zero-order valence-electron chi connectivity index (χ0n) is 39.9. The topological polar surface area (TPSA) is 80.8 Å². The molecule has 9 aliphatic rings. The number of hydrogen-bond donors (Lipinski definition) is 0. The van der Waals surface area contributed by atoms with E-state index in [9.17, 15) is 19.2 Å². The Morgan fingerprint density at radius 3 is 1.65 bits per heavy atom. The van der Waals surface area contributed by atoms with Crippen LogP contribution in [-0.2, 0) is 23.9 Å². The lowest BCUT2D eigenvalue weighted by molar-refractivity contribution is -0.123. The number of hydrogen-bond acceptors (Lipinski definition) is 5. The minimum atomic E-state index is 0.163. The average Bonchev–Trinajstić information content (AvgIpc) is 3.80. The van der Waals surface area contributed by atoms with Crippen LogP contribution in [0.15, 0.2) is 23.3 Å². The molecule has 0 aromatic heterocycles. The summed E-state index contributed by atoms with van der Waals surface area (Å²) in [5.74, 6) is 9.83. The van der Waals surface area contributed by atoms with E-state index < -0.39 is 0 Å². The monoisotopic (exact) mass is 825 g/mol. The van der Waals surface area contributed by atoms with Gasteiger partial charge in [-0.05, 0) is 188 Å². The summed E-state index contributed by atoms with van der Waals surface area (Å²) >= 11 is 0. The molecule has 0 radical (unpaired) electrons. The van der Waals surface area contributed by atoms with Crippen LogP contribution in [0.1, 0.15) is 185 Å². The first-order chi connectivity index (χ1) is 28.2. The van der Waals surface area contributed by atoms with E-state index in [-0.39, 0.29) is 28.8 Å². The van der Waals surface area contributed by atoms with E-state index >= 15 is 0 Å². The van der Waals surface area contributed by atoms with E-state index in [0.29, 0.717) is 76.1 Å². The quantitative estimate of drug-likeness (QED) is 0.205. The van der Waals surface area contributed by atoms with Gasteiger partial charge in [0.25, 0.3) is 0 Å². The van der Waals surface area contributed by atoms with Crippen LogP contribution in [0.25, 0.3) is 0 Å². The zero-order chi connectivity index (χ0) is 43.3. The summed E-state index contributed by atoms with van der Waals surface area (Å²) < 4.78 is 6.32. The fraction of sp³-hybridized carbons (Fsp3) is 0.855. The normalized spacial score (nSPS) is 45.9. The van der Waals surface area contributed by atoms with Gasteiger partial charge in [-0.15, -0.1) is 0 Å². The minimum Gasteiger partial charge on any atom is -0.365 e. The maximum absolute atomic E-state index is 12.2. The molecule has 17 atom stereocenters. The highest BCUT2D eigenvalue weighted by Crippen LogP contribution is 2.72. The predicted octanol–water partition coefficient (Wildman–Crippen LogP) is 12.8. The molecule has 0 aromatic carbocycles. The third-order valence-corrected chi connectivity index (χ3v) is 21.0. The van der Waals surface area contributed by atoms with Crippen LogP contribution in [0.3, 0.4) is 0 Å². The molecule has 0 amide bonds. The van der Waals surface area contributed by atoms with E-state index in [1.807, 2.05) is 39.8 Å². The van der Waals surface area contributed by atoms with Gasteiger partial charge in [-0.1, -0.05) is 81.7 Å². The van der Waals surface area contributed by atoms with Crippen molar-refractivity contribution in [3.63, 3.8) is 0 Å². The highest BCUT2D eigenvalue weighted by Gasteiger charge is 2.69. The first kappa shape index (κ1) is 44.7. The number of carbonyl (C=O) groups is 4. The van der Waals surface area contributed by atoms with Gasteiger partial charge in [-0.2, -0.15) is 0 Å².